The van der Waals surface area contributed by atoms with Gasteiger partial charge in [-0.25, -0.2) is 4.79 Å². The van der Waals surface area contributed by atoms with Gasteiger partial charge in [-0.2, -0.15) is 0 Å². The van der Waals surface area contributed by atoms with Gasteiger partial charge >= 0.3 is 5.97 Å². The normalized spacial score (nSPS) is 14.2. The number of hydrogen-bond acceptors (Lipinski definition) is 5. The molecule has 0 unspecified atom stereocenters. The number of hydrazine groups is 1. The van der Waals surface area contributed by atoms with Crippen LogP contribution < -0.4 is 15.8 Å². The fourth-order valence-corrected chi connectivity index (χ4v) is 2.89. The summed E-state index contributed by atoms with van der Waals surface area (Å²) in [4.78, 5) is 49.9. The highest BCUT2D eigenvalue weighted by Gasteiger charge is 2.24. The number of esters is 1. The van der Waals surface area contributed by atoms with Crippen LogP contribution in [-0.2, 0) is 14.3 Å². The molecule has 3 rings (SSSR count). The molecule has 0 spiro atoms. The van der Waals surface area contributed by atoms with Crippen molar-refractivity contribution in [1.82, 2.24) is 10.9 Å². The second-order valence-corrected chi connectivity index (χ2v) is 6.56. The number of hydrogen-bond donors (Lipinski definition) is 2. The van der Waals surface area contributed by atoms with Gasteiger partial charge in [0.1, 0.15) is 0 Å². The fraction of sp³-hybridized carbons (Fsp3) is 0.238. The molecular weight excluding hydrogens is 374 g/mol. The largest absolute Gasteiger partial charge is 0.449 e. The van der Waals surface area contributed by atoms with E-state index in [1.54, 1.807) is 59.5 Å². The van der Waals surface area contributed by atoms with Crippen LogP contribution in [0.15, 0.2) is 54.6 Å². The average Bonchev–Trinajstić information content (AvgIpc) is 3.18. The molecule has 2 aromatic carbocycles. The number of ether oxygens (including phenoxy) is 1. The Morgan fingerprint density at radius 3 is 2.41 bits per heavy atom. The Kier molecular flexibility index (Phi) is 6.23. The van der Waals surface area contributed by atoms with Crippen LogP contribution >= 0.6 is 0 Å². The molecule has 29 heavy (non-hydrogen) atoms. The summed E-state index contributed by atoms with van der Waals surface area (Å²) >= 11 is 0. The minimum Gasteiger partial charge on any atom is -0.449 e. The molecule has 1 atom stereocenters. The maximum absolute atomic E-state index is 12.4. The van der Waals surface area contributed by atoms with Gasteiger partial charge in [0.05, 0.1) is 5.56 Å². The highest BCUT2D eigenvalue weighted by molar-refractivity contribution is 5.98. The van der Waals surface area contributed by atoms with Gasteiger partial charge < -0.3 is 9.64 Å². The molecule has 0 saturated carbocycles. The maximum Gasteiger partial charge on any atom is 0.338 e. The molecule has 0 aliphatic carbocycles. The van der Waals surface area contributed by atoms with Crippen LogP contribution in [0.25, 0.3) is 0 Å². The minimum atomic E-state index is -1.13. The van der Waals surface area contributed by atoms with Crippen molar-refractivity contribution in [2.24, 2.45) is 0 Å². The molecule has 2 N–H and O–H groups in total. The highest BCUT2D eigenvalue weighted by atomic mass is 16.5. The average molecular weight is 395 g/mol. The Hall–Kier alpha value is -3.68. The van der Waals surface area contributed by atoms with Crippen molar-refractivity contribution in [3.8, 4) is 0 Å². The predicted molar refractivity (Wildman–Crippen MR) is 105 cm³/mol. The number of anilines is 1. The molecule has 8 nitrogen and oxygen atoms in total. The fourth-order valence-electron chi connectivity index (χ4n) is 2.89. The van der Waals surface area contributed by atoms with Gasteiger partial charge in [-0.05, 0) is 43.7 Å². The van der Waals surface area contributed by atoms with Crippen LogP contribution in [0.4, 0.5) is 5.69 Å². The summed E-state index contributed by atoms with van der Waals surface area (Å²) in [5.41, 5.74) is 5.73. The molecule has 1 aliphatic rings. The van der Waals surface area contributed by atoms with E-state index in [2.05, 4.69) is 10.9 Å². The molecule has 0 radical (unpaired) electrons. The Labute approximate surface area is 167 Å². The van der Waals surface area contributed by atoms with E-state index in [-0.39, 0.29) is 11.5 Å². The lowest BCUT2D eigenvalue weighted by Crippen LogP contribution is -2.46. The van der Waals surface area contributed by atoms with Crippen molar-refractivity contribution in [3.63, 3.8) is 0 Å². The number of nitrogens with zero attached hydrogens (tertiary/aromatic N) is 1. The first kappa shape index (κ1) is 20.1. The summed E-state index contributed by atoms with van der Waals surface area (Å²) in [6, 6.07) is 14.9. The first-order valence-electron chi connectivity index (χ1n) is 9.22. The van der Waals surface area contributed by atoms with E-state index in [0.29, 0.717) is 24.2 Å². The van der Waals surface area contributed by atoms with E-state index in [1.807, 2.05) is 0 Å². The standard InChI is InChI=1S/C21H21N3O5/c1-14(19(26)22-23-20(27)15-7-3-2-4-8-15)29-21(28)16-9-5-10-17(13-16)24-12-6-11-18(24)25/h2-5,7-10,13-14H,6,11-12H2,1H3,(H,22,26)(H,23,27)/t14-/m0/s1. The predicted octanol–water partition coefficient (Wildman–Crippen LogP) is 1.82. The van der Waals surface area contributed by atoms with Crippen LogP contribution in [0.2, 0.25) is 0 Å². The molecule has 150 valence electrons. The summed E-state index contributed by atoms with van der Waals surface area (Å²) in [5, 5.41) is 0. The van der Waals surface area contributed by atoms with E-state index in [4.69, 9.17) is 4.74 Å². The molecule has 1 saturated heterocycles. The van der Waals surface area contributed by atoms with E-state index in [9.17, 15) is 19.2 Å². The lowest BCUT2D eigenvalue weighted by Gasteiger charge is -2.17. The van der Waals surface area contributed by atoms with E-state index < -0.39 is 23.9 Å². The molecular formula is C21H21N3O5. The summed E-state index contributed by atoms with van der Waals surface area (Å²) in [7, 11) is 0. The molecule has 1 aliphatic heterocycles. The maximum atomic E-state index is 12.4. The Balaban J connectivity index is 1.55. The topological polar surface area (TPSA) is 105 Å². The third kappa shape index (κ3) is 4.98. The Morgan fingerprint density at radius 2 is 1.72 bits per heavy atom. The van der Waals surface area contributed by atoms with Gasteiger partial charge in [-0.1, -0.05) is 24.3 Å². The number of carbonyl (C=O) groups is 4. The smallest absolute Gasteiger partial charge is 0.338 e. The first-order chi connectivity index (χ1) is 14.0. The quantitative estimate of drug-likeness (QED) is 0.594. The Bertz CT molecular complexity index is 929. The zero-order chi connectivity index (χ0) is 20.8. The summed E-state index contributed by atoms with van der Waals surface area (Å²) in [6.45, 7) is 2.01. The van der Waals surface area contributed by atoms with Gasteiger partial charge in [-0.3, -0.25) is 25.2 Å². The third-order valence-corrected chi connectivity index (χ3v) is 4.46. The summed E-state index contributed by atoms with van der Waals surface area (Å²) in [5.74, 6) is -1.85. The van der Waals surface area contributed by atoms with Gasteiger partial charge in [0.15, 0.2) is 6.10 Å². The number of carbonyl (C=O) groups excluding carboxylic acids is 4. The van der Waals surface area contributed by atoms with Crippen molar-refractivity contribution in [2.75, 3.05) is 11.4 Å². The van der Waals surface area contributed by atoms with E-state index in [0.717, 1.165) is 6.42 Å². The SMILES string of the molecule is C[C@H](OC(=O)c1cccc(N2CCCC2=O)c1)C(=O)NNC(=O)c1ccccc1. The molecule has 2 aromatic rings. The second kappa shape index (κ2) is 9.01. The third-order valence-electron chi connectivity index (χ3n) is 4.46. The van der Waals surface area contributed by atoms with Gasteiger partial charge in [0.2, 0.25) is 5.91 Å². The zero-order valence-electron chi connectivity index (χ0n) is 15.9. The van der Waals surface area contributed by atoms with Crippen molar-refractivity contribution >= 4 is 29.4 Å². The van der Waals surface area contributed by atoms with Crippen LogP contribution in [0, 0.1) is 0 Å². The first-order valence-corrected chi connectivity index (χ1v) is 9.22. The number of benzene rings is 2. The van der Waals surface area contributed by atoms with Crippen molar-refractivity contribution < 1.29 is 23.9 Å². The number of nitrogens with one attached hydrogen (secondary N) is 2. The molecule has 3 amide bonds. The zero-order valence-corrected chi connectivity index (χ0v) is 15.9. The van der Waals surface area contributed by atoms with E-state index in [1.165, 1.54) is 6.92 Å². The molecule has 0 aromatic heterocycles. The lowest BCUT2D eigenvalue weighted by atomic mass is 10.2. The minimum absolute atomic E-state index is 0.0115. The summed E-state index contributed by atoms with van der Waals surface area (Å²) in [6.07, 6.45) is 0.135. The van der Waals surface area contributed by atoms with E-state index >= 15 is 0 Å². The van der Waals surface area contributed by atoms with Crippen molar-refractivity contribution in [2.45, 2.75) is 25.9 Å². The molecule has 1 fully saturated rings. The van der Waals surface area contributed by atoms with Crippen molar-refractivity contribution in [1.29, 1.82) is 0 Å². The summed E-state index contributed by atoms with van der Waals surface area (Å²) < 4.78 is 5.17. The molecule has 8 heteroatoms. The van der Waals surface area contributed by atoms with Gasteiger partial charge in [0.25, 0.3) is 11.8 Å². The van der Waals surface area contributed by atoms with Crippen LogP contribution in [0.3, 0.4) is 0 Å². The van der Waals surface area contributed by atoms with Crippen LogP contribution in [0.1, 0.15) is 40.5 Å². The number of amides is 3. The number of rotatable bonds is 5. The monoisotopic (exact) mass is 395 g/mol. The highest BCUT2D eigenvalue weighted by Crippen LogP contribution is 2.22. The second-order valence-electron chi connectivity index (χ2n) is 6.56. The van der Waals surface area contributed by atoms with Crippen LogP contribution in [-0.4, -0.2) is 36.3 Å². The van der Waals surface area contributed by atoms with Crippen LogP contribution in [0.5, 0.6) is 0 Å². The van der Waals surface area contributed by atoms with Crippen molar-refractivity contribution in [3.05, 3.63) is 65.7 Å². The molecule has 1 heterocycles. The lowest BCUT2D eigenvalue weighted by molar-refractivity contribution is -0.129. The molecule has 0 bridgehead atoms. The Morgan fingerprint density at radius 1 is 1.00 bits per heavy atom. The van der Waals surface area contributed by atoms with Gasteiger partial charge in [0, 0.05) is 24.2 Å². The van der Waals surface area contributed by atoms with Gasteiger partial charge in [-0.15, -0.1) is 0 Å².